The van der Waals surface area contributed by atoms with Crippen molar-refractivity contribution in [2.45, 2.75) is 26.3 Å². The summed E-state index contributed by atoms with van der Waals surface area (Å²) in [5.74, 6) is -2.31. The van der Waals surface area contributed by atoms with Gasteiger partial charge in [-0.2, -0.15) is 0 Å². The molecule has 9 nitrogen and oxygen atoms in total. The molecule has 3 heterocycles. The second-order valence-corrected chi connectivity index (χ2v) is 10.3. The minimum Gasteiger partial charge on any atom is -0.503 e. The van der Waals surface area contributed by atoms with Crippen LogP contribution in [0.4, 0.5) is 8.78 Å². The van der Waals surface area contributed by atoms with E-state index >= 15 is 0 Å². The van der Waals surface area contributed by atoms with Crippen LogP contribution in [0.5, 0.6) is 5.75 Å². The van der Waals surface area contributed by atoms with Gasteiger partial charge in [0.05, 0.1) is 31.4 Å². The second kappa shape index (κ2) is 11.4. The molecule has 37 heavy (non-hydrogen) atoms. The highest BCUT2D eigenvalue weighted by Gasteiger charge is 2.35. The molecule has 1 atom stereocenters. The Kier molecular flexibility index (Phi) is 8.30. The molecule has 1 aromatic carbocycles. The van der Waals surface area contributed by atoms with Gasteiger partial charge in [0, 0.05) is 38.9 Å². The van der Waals surface area contributed by atoms with Crippen molar-refractivity contribution < 1.29 is 28.2 Å². The summed E-state index contributed by atoms with van der Waals surface area (Å²) in [6.45, 7) is 5.73. The maximum Gasteiger partial charge on any atom is 0.274 e. The minimum atomic E-state index is -0.749. The minimum absolute atomic E-state index is 0.0562. The molecule has 0 fully saturated rings. The van der Waals surface area contributed by atoms with Gasteiger partial charge in [0.1, 0.15) is 16.6 Å². The number of hydrogen-bond acceptors (Lipinski definition) is 8. The van der Waals surface area contributed by atoms with Crippen molar-refractivity contribution in [3.05, 3.63) is 62.5 Å². The number of fused-ring (bicyclic) bond motifs is 1. The SMILES string of the molecule is COCCOC[C@H]1CN(CC(C)C)C(=O)c2c(O)c(=O)c(-c3nnc(Cc4ccc(F)cc4F)s3)cn21. The number of methoxy groups -OCH3 is 1. The van der Waals surface area contributed by atoms with Crippen LogP contribution in [0.2, 0.25) is 0 Å². The van der Waals surface area contributed by atoms with Gasteiger partial charge in [0.25, 0.3) is 5.91 Å². The third-order valence-electron chi connectivity index (χ3n) is 5.91. The lowest BCUT2D eigenvalue weighted by Crippen LogP contribution is -2.47. The highest BCUT2D eigenvalue weighted by atomic mass is 32.1. The third-order valence-corrected chi connectivity index (χ3v) is 6.86. The van der Waals surface area contributed by atoms with E-state index in [0.717, 1.165) is 23.5 Å². The van der Waals surface area contributed by atoms with E-state index in [0.29, 0.717) is 31.3 Å². The number of aromatic hydroxyl groups is 1. The van der Waals surface area contributed by atoms with Gasteiger partial charge in [-0.1, -0.05) is 31.3 Å². The molecule has 0 saturated carbocycles. The molecule has 0 saturated heterocycles. The van der Waals surface area contributed by atoms with Crippen molar-refractivity contribution in [1.82, 2.24) is 19.7 Å². The van der Waals surface area contributed by atoms with Gasteiger partial charge in [-0.3, -0.25) is 9.59 Å². The Hall–Kier alpha value is -3.22. The number of ether oxygens (including phenoxy) is 2. The molecule has 3 aromatic rings. The van der Waals surface area contributed by atoms with E-state index in [2.05, 4.69) is 10.2 Å². The number of nitrogens with zero attached hydrogens (tertiary/aromatic N) is 4. The van der Waals surface area contributed by atoms with Gasteiger partial charge in [-0.25, -0.2) is 8.78 Å². The molecule has 198 valence electrons. The summed E-state index contributed by atoms with van der Waals surface area (Å²) in [5, 5.41) is 19.6. The average molecular weight is 535 g/mol. The number of aromatic nitrogens is 3. The van der Waals surface area contributed by atoms with E-state index in [1.54, 1.807) is 16.6 Å². The van der Waals surface area contributed by atoms with Gasteiger partial charge in [0.2, 0.25) is 5.43 Å². The lowest BCUT2D eigenvalue weighted by Gasteiger charge is -2.37. The molecule has 0 unspecified atom stereocenters. The summed E-state index contributed by atoms with van der Waals surface area (Å²) in [6, 6.07) is 2.91. The lowest BCUT2D eigenvalue weighted by atomic mass is 10.1. The number of pyridine rings is 1. The number of halogens is 2. The zero-order valence-electron chi connectivity index (χ0n) is 20.7. The first-order valence-corrected chi connectivity index (χ1v) is 12.6. The highest BCUT2D eigenvalue weighted by Crippen LogP contribution is 2.31. The van der Waals surface area contributed by atoms with Crippen molar-refractivity contribution in [2.75, 3.05) is 40.0 Å². The number of hydrogen-bond donors (Lipinski definition) is 1. The Morgan fingerprint density at radius 1 is 1.22 bits per heavy atom. The largest absolute Gasteiger partial charge is 0.503 e. The monoisotopic (exact) mass is 534 g/mol. The van der Waals surface area contributed by atoms with Crippen LogP contribution in [-0.4, -0.2) is 70.7 Å². The molecule has 0 aliphatic carbocycles. The smallest absolute Gasteiger partial charge is 0.274 e. The van der Waals surface area contributed by atoms with Crippen LogP contribution >= 0.6 is 11.3 Å². The van der Waals surface area contributed by atoms with Crippen LogP contribution < -0.4 is 5.43 Å². The number of carbonyl (C=O) groups excluding carboxylic acids is 1. The van der Waals surface area contributed by atoms with E-state index in [-0.39, 0.29) is 46.8 Å². The Morgan fingerprint density at radius 3 is 2.70 bits per heavy atom. The Bertz CT molecular complexity index is 1340. The van der Waals surface area contributed by atoms with Crippen LogP contribution in [-0.2, 0) is 15.9 Å². The van der Waals surface area contributed by atoms with Crippen LogP contribution in [0.15, 0.2) is 29.2 Å². The second-order valence-electron chi connectivity index (χ2n) is 9.22. The van der Waals surface area contributed by atoms with Gasteiger partial charge in [-0.05, 0) is 17.5 Å². The lowest BCUT2D eigenvalue weighted by molar-refractivity contribution is 0.0326. The summed E-state index contributed by atoms with van der Waals surface area (Å²) in [7, 11) is 1.57. The van der Waals surface area contributed by atoms with E-state index < -0.39 is 28.7 Å². The molecule has 0 bridgehead atoms. The normalized spacial score (nSPS) is 15.5. The molecule has 1 aliphatic heterocycles. The van der Waals surface area contributed by atoms with Crippen molar-refractivity contribution in [3.63, 3.8) is 0 Å². The van der Waals surface area contributed by atoms with Crippen molar-refractivity contribution in [3.8, 4) is 16.3 Å². The molecular weight excluding hydrogens is 506 g/mol. The Balaban J connectivity index is 1.69. The zero-order chi connectivity index (χ0) is 26.7. The molecule has 0 radical (unpaired) electrons. The zero-order valence-corrected chi connectivity index (χ0v) is 21.6. The summed E-state index contributed by atoms with van der Waals surface area (Å²) in [5.41, 5.74) is -0.547. The van der Waals surface area contributed by atoms with Crippen LogP contribution in [0, 0.1) is 17.6 Å². The van der Waals surface area contributed by atoms with Gasteiger partial charge in [-0.15, -0.1) is 10.2 Å². The first-order chi connectivity index (χ1) is 17.7. The first-order valence-electron chi connectivity index (χ1n) is 11.8. The molecule has 1 N–H and O–H groups in total. The summed E-state index contributed by atoms with van der Waals surface area (Å²) < 4.78 is 39.6. The summed E-state index contributed by atoms with van der Waals surface area (Å²) in [6.07, 6.45) is 1.55. The predicted molar refractivity (Wildman–Crippen MR) is 133 cm³/mol. The fourth-order valence-corrected chi connectivity index (χ4v) is 5.07. The molecule has 2 aromatic heterocycles. The molecule has 12 heteroatoms. The number of carbonyl (C=O) groups is 1. The fourth-order valence-electron chi connectivity index (χ4n) is 4.20. The Labute approximate surface area is 216 Å². The predicted octanol–water partition coefficient (Wildman–Crippen LogP) is 3.26. The van der Waals surface area contributed by atoms with Gasteiger partial charge in [0.15, 0.2) is 16.5 Å². The van der Waals surface area contributed by atoms with Crippen molar-refractivity contribution in [1.29, 1.82) is 0 Å². The van der Waals surface area contributed by atoms with Crippen LogP contribution in [0.1, 0.15) is 40.9 Å². The quantitative estimate of drug-likeness (QED) is 0.398. The number of benzene rings is 1. The average Bonchev–Trinajstić information content (AvgIpc) is 3.31. The standard InChI is InChI=1S/C25H28F2N4O5S/c1-14(2)10-30-11-17(13-36-7-6-35-3)31-12-18(22(32)23(33)21(31)25(30)34)24-29-28-20(37-24)8-15-4-5-16(26)9-19(15)27/h4-5,9,12,14,17,33H,6-8,10-11,13H2,1-3H3/t17-/m1/s1. The topological polar surface area (TPSA) is 107 Å². The third kappa shape index (κ3) is 5.86. The van der Waals surface area contributed by atoms with Crippen LogP contribution in [0.25, 0.3) is 10.6 Å². The molecule has 4 rings (SSSR count). The van der Waals surface area contributed by atoms with Gasteiger partial charge >= 0.3 is 0 Å². The molecule has 1 aliphatic rings. The Morgan fingerprint density at radius 2 is 2.00 bits per heavy atom. The molecule has 1 amide bonds. The number of rotatable bonds is 10. The van der Waals surface area contributed by atoms with E-state index in [1.165, 1.54) is 12.3 Å². The molecular formula is C25H28F2N4O5S. The van der Waals surface area contributed by atoms with E-state index in [9.17, 15) is 23.5 Å². The molecule has 0 spiro atoms. The van der Waals surface area contributed by atoms with E-state index in [4.69, 9.17) is 9.47 Å². The van der Waals surface area contributed by atoms with Crippen LogP contribution in [0.3, 0.4) is 0 Å². The van der Waals surface area contributed by atoms with Crippen molar-refractivity contribution in [2.24, 2.45) is 5.92 Å². The highest BCUT2D eigenvalue weighted by molar-refractivity contribution is 7.14. The van der Waals surface area contributed by atoms with E-state index in [1.807, 2.05) is 13.8 Å². The first kappa shape index (κ1) is 26.8. The fraction of sp³-hybridized carbons (Fsp3) is 0.440. The maximum atomic E-state index is 14.1. The number of amides is 1. The summed E-state index contributed by atoms with van der Waals surface area (Å²) in [4.78, 5) is 28.0. The van der Waals surface area contributed by atoms with Crippen molar-refractivity contribution >= 4 is 17.2 Å². The van der Waals surface area contributed by atoms with Gasteiger partial charge < -0.3 is 24.0 Å². The maximum absolute atomic E-state index is 14.1. The summed E-state index contributed by atoms with van der Waals surface area (Å²) >= 11 is 1.05.